The van der Waals surface area contributed by atoms with Crippen molar-refractivity contribution in [2.45, 2.75) is 25.9 Å². The quantitative estimate of drug-likeness (QED) is 0.855. The molecule has 6 nitrogen and oxygen atoms in total. The van der Waals surface area contributed by atoms with Crippen LogP contribution in [0.25, 0.3) is 11.1 Å². The van der Waals surface area contributed by atoms with Crippen molar-refractivity contribution in [3.8, 4) is 11.1 Å². The SMILES string of the molecule is CC(=O)c1c(-c2cccc(C(=O)NCC3CCCO3)c2)cnn1C. The minimum atomic E-state index is -0.138. The van der Waals surface area contributed by atoms with Crippen LogP contribution in [-0.4, -0.2) is 40.7 Å². The largest absolute Gasteiger partial charge is 0.376 e. The van der Waals surface area contributed by atoms with Gasteiger partial charge in [-0.2, -0.15) is 5.10 Å². The van der Waals surface area contributed by atoms with Crippen molar-refractivity contribution in [1.82, 2.24) is 15.1 Å². The van der Waals surface area contributed by atoms with E-state index in [0.29, 0.717) is 17.8 Å². The molecule has 24 heavy (non-hydrogen) atoms. The van der Waals surface area contributed by atoms with E-state index in [1.54, 1.807) is 30.1 Å². The maximum Gasteiger partial charge on any atom is 0.251 e. The van der Waals surface area contributed by atoms with Crippen LogP contribution < -0.4 is 5.32 Å². The zero-order valence-corrected chi connectivity index (χ0v) is 13.9. The topological polar surface area (TPSA) is 73.2 Å². The molecule has 2 heterocycles. The molecule has 0 radical (unpaired) electrons. The fraction of sp³-hybridized carbons (Fsp3) is 0.389. The van der Waals surface area contributed by atoms with E-state index in [0.717, 1.165) is 30.6 Å². The highest BCUT2D eigenvalue weighted by Gasteiger charge is 2.18. The Balaban J connectivity index is 1.79. The van der Waals surface area contributed by atoms with Crippen LogP contribution in [0, 0.1) is 0 Å². The van der Waals surface area contributed by atoms with Gasteiger partial charge in [0, 0.05) is 38.2 Å². The summed E-state index contributed by atoms with van der Waals surface area (Å²) >= 11 is 0. The van der Waals surface area contributed by atoms with Gasteiger partial charge in [0.05, 0.1) is 12.3 Å². The summed E-state index contributed by atoms with van der Waals surface area (Å²) < 4.78 is 7.07. The average molecular weight is 327 g/mol. The van der Waals surface area contributed by atoms with Crippen molar-refractivity contribution in [2.24, 2.45) is 7.05 Å². The lowest BCUT2D eigenvalue weighted by molar-refractivity contribution is 0.0857. The Morgan fingerprint density at radius 2 is 2.25 bits per heavy atom. The highest BCUT2D eigenvalue weighted by Crippen LogP contribution is 2.24. The summed E-state index contributed by atoms with van der Waals surface area (Å²) in [7, 11) is 1.73. The van der Waals surface area contributed by atoms with Crippen molar-refractivity contribution in [3.63, 3.8) is 0 Å². The summed E-state index contributed by atoms with van der Waals surface area (Å²) in [5, 5.41) is 7.07. The zero-order valence-electron chi connectivity index (χ0n) is 13.9. The number of ketones is 1. The van der Waals surface area contributed by atoms with Gasteiger partial charge < -0.3 is 10.1 Å². The fourth-order valence-corrected chi connectivity index (χ4v) is 3.01. The zero-order chi connectivity index (χ0) is 17.1. The summed E-state index contributed by atoms with van der Waals surface area (Å²) in [5.74, 6) is -0.196. The second-order valence-electron chi connectivity index (χ2n) is 6.01. The molecule has 0 aliphatic carbocycles. The number of carbonyl (C=O) groups is 2. The Hall–Kier alpha value is -2.47. The van der Waals surface area contributed by atoms with Gasteiger partial charge in [0.1, 0.15) is 5.69 Å². The molecule has 1 fully saturated rings. The molecule has 0 spiro atoms. The summed E-state index contributed by atoms with van der Waals surface area (Å²) in [6.07, 6.45) is 3.79. The molecule has 0 saturated carbocycles. The molecule has 0 bridgehead atoms. The smallest absolute Gasteiger partial charge is 0.251 e. The van der Waals surface area contributed by atoms with Gasteiger partial charge in [-0.25, -0.2) is 0 Å². The Bertz CT molecular complexity index is 761. The lowest BCUT2D eigenvalue weighted by atomic mass is 10.0. The van der Waals surface area contributed by atoms with Gasteiger partial charge in [-0.15, -0.1) is 0 Å². The third kappa shape index (κ3) is 3.38. The number of carbonyl (C=O) groups excluding carboxylic acids is 2. The maximum atomic E-state index is 12.4. The highest BCUT2D eigenvalue weighted by atomic mass is 16.5. The Morgan fingerprint density at radius 3 is 2.96 bits per heavy atom. The van der Waals surface area contributed by atoms with Gasteiger partial charge >= 0.3 is 0 Å². The molecule has 1 aromatic heterocycles. The molecule has 1 saturated heterocycles. The van der Waals surface area contributed by atoms with Gasteiger partial charge in [-0.3, -0.25) is 14.3 Å². The van der Waals surface area contributed by atoms with E-state index >= 15 is 0 Å². The van der Waals surface area contributed by atoms with Gasteiger partial charge in [0.2, 0.25) is 0 Å². The molecule has 1 amide bonds. The molecule has 1 atom stereocenters. The highest BCUT2D eigenvalue weighted by molar-refractivity contribution is 6.00. The van der Waals surface area contributed by atoms with Gasteiger partial charge in [0.25, 0.3) is 5.91 Å². The first-order chi connectivity index (χ1) is 11.6. The number of nitrogens with zero attached hydrogens (tertiary/aromatic N) is 2. The van der Waals surface area contributed by atoms with Crippen LogP contribution in [0.1, 0.15) is 40.6 Å². The molecule has 1 aliphatic heterocycles. The number of aromatic nitrogens is 2. The normalized spacial score (nSPS) is 17.0. The van der Waals surface area contributed by atoms with E-state index in [1.165, 1.54) is 6.92 Å². The standard InChI is InChI=1S/C18H21N3O3/c1-12(22)17-16(11-20-21(17)2)13-5-3-6-14(9-13)18(23)19-10-15-7-4-8-24-15/h3,5-6,9,11,15H,4,7-8,10H2,1-2H3,(H,19,23). The fourth-order valence-electron chi connectivity index (χ4n) is 3.01. The Morgan fingerprint density at radius 1 is 1.42 bits per heavy atom. The van der Waals surface area contributed by atoms with E-state index in [4.69, 9.17) is 4.74 Å². The second-order valence-corrected chi connectivity index (χ2v) is 6.01. The first-order valence-corrected chi connectivity index (χ1v) is 8.09. The molecule has 6 heteroatoms. The number of nitrogens with one attached hydrogen (secondary N) is 1. The summed E-state index contributed by atoms with van der Waals surface area (Å²) in [5.41, 5.74) is 2.63. The Labute approximate surface area is 140 Å². The number of Topliss-reactive ketones (excluding diaryl/α,β-unsaturated/α-hetero) is 1. The van der Waals surface area contributed by atoms with Crippen LogP contribution >= 0.6 is 0 Å². The summed E-state index contributed by atoms with van der Waals surface area (Å²) in [6, 6.07) is 7.24. The Kier molecular flexibility index (Phi) is 4.76. The molecule has 1 aromatic carbocycles. The second kappa shape index (κ2) is 6.97. The minimum Gasteiger partial charge on any atom is -0.376 e. The van der Waals surface area contributed by atoms with Gasteiger partial charge in [0.15, 0.2) is 5.78 Å². The number of aryl methyl sites for hydroxylation is 1. The molecule has 1 unspecified atom stereocenters. The number of rotatable bonds is 5. The van der Waals surface area contributed by atoms with Crippen molar-refractivity contribution in [3.05, 3.63) is 41.7 Å². The molecule has 126 valence electrons. The van der Waals surface area contributed by atoms with Crippen molar-refractivity contribution < 1.29 is 14.3 Å². The third-order valence-corrected chi connectivity index (χ3v) is 4.22. The molecule has 1 aliphatic rings. The number of ether oxygens (including phenoxy) is 1. The number of amides is 1. The monoisotopic (exact) mass is 327 g/mol. The van der Waals surface area contributed by atoms with Crippen LogP contribution in [0.4, 0.5) is 0 Å². The van der Waals surface area contributed by atoms with E-state index in [1.807, 2.05) is 12.1 Å². The first kappa shape index (κ1) is 16.4. The minimum absolute atomic E-state index is 0.0572. The van der Waals surface area contributed by atoms with Crippen LogP contribution in [-0.2, 0) is 11.8 Å². The molecule has 2 aromatic rings. The van der Waals surface area contributed by atoms with E-state index in [2.05, 4.69) is 10.4 Å². The third-order valence-electron chi connectivity index (χ3n) is 4.22. The summed E-state index contributed by atoms with van der Waals surface area (Å²) in [6.45, 7) is 2.80. The van der Waals surface area contributed by atoms with E-state index in [9.17, 15) is 9.59 Å². The van der Waals surface area contributed by atoms with Gasteiger partial charge in [-0.1, -0.05) is 12.1 Å². The maximum absolute atomic E-state index is 12.4. The molecular weight excluding hydrogens is 306 g/mol. The van der Waals surface area contributed by atoms with Crippen molar-refractivity contribution in [1.29, 1.82) is 0 Å². The van der Waals surface area contributed by atoms with Crippen LogP contribution in [0.15, 0.2) is 30.5 Å². The van der Waals surface area contributed by atoms with E-state index in [-0.39, 0.29) is 17.8 Å². The predicted octanol–water partition coefficient (Wildman–Crippen LogP) is 2.20. The average Bonchev–Trinajstić information content (AvgIpc) is 3.22. The van der Waals surface area contributed by atoms with Crippen molar-refractivity contribution >= 4 is 11.7 Å². The van der Waals surface area contributed by atoms with Crippen LogP contribution in [0.2, 0.25) is 0 Å². The molecule has 3 rings (SSSR count). The van der Waals surface area contributed by atoms with Crippen LogP contribution in [0.5, 0.6) is 0 Å². The van der Waals surface area contributed by atoms with Gasteiger partial charge in [-0.05, 0) is 30.5 Å². The predicted molar refractivity (Wildman–Crippen MR) is 90.0 cm³/mol. The lowest BCUT2D eigenvalue weighted by Gasteiger charge is -2.11. The lowest BCUT2D eigenvalue weighted by Crippen LogP contribution is -2.31. The first-order valence-electron chi connectivity index (χ1n) is 8.09. The number of benzene rings is 1. The van der Waals surface area contributed by atoms with Crippen molar-refractivity contribution in [2.75, 3.05) is 13.2 Å². The number of hydrogen-bond donors (Lipinski definition) is 1. The molecular formula is C18H21N3O3. The van der Waals surface area contributed by atoms with Crippen LogP contribution in [0.3, 0.4) is 0 Å². The number of hydrogen-bond acceptors (Lipinski definition) is 4. The van der Waals surface area contributed by atoms with E-state index < -0.39 is 0 Å². The summed E-state index contributed by atoms with van der Waals surface area (Å²) in [4.78, 5) is 24.2. The molecule has 1 N–H and O–H groups in total.